The van der Waals surface area contributed by atoms with Crippen LogP contribution in [0.25, 0.3) is 0 Å². The molecule has 102 valence electrons. The first-order valence-electron chi connectivity index (χ1n) is 5.76. The van der Waals surface area contributed by atoms with Crippen molar-refractivity contribution in [3.8, 4) is 5.75 Å². The Balaban J connectivity index is 2.41. The molecule has 0 saturated heterocycles. The molecule has 0 fully saturated rings. The van der Waals surface area contributed by atoms with Crippen LogP contribution in [-0.2, 0) is 16.0 Å². The third-order valence-corrected chi connectivity index (χ3v) is 3.22. The Bertz CT molecular complexity index is 360. The normalized spacial score (nSPS) is 12.4. The molecule has 0 spiro atoms. The summed E-state index contributed by atoms with van der Waals surface area (Å²) < 4.78 is 16.5. The molecule has 1 aromatic rings. The molecule has 0 aliphatic rings. The van der Waals surface area contributed by atoms with E-state index in [0.29, 0.717) is 6.61 Å². The molecule has 1 atom stereocenters. The fourth-order valence-electron chi connectivity index (χ4n) is 1.59. The zero-order chi connectivity index (χ0) is 13.4. The van der Waals surface area contributed by atoms with Crippen molar-refractivity contribution in [2.24, 2.45) is 0 Å². The van der Waals surface area contributed by atoms with E-state index in [1.54, 1.807) is 21.3 Å². The van der Waals surface area contributed by atoms with Gasteiger partial charge in [-0.05, 0) is 33.6 Å². The molecule has 1 rings (SSSR count). The maximum atomic E-state index is 5.27. The van der Waals surface area contributed by atoms with Crippen LogP contribution in [0, 0.1) is 0 Å². The van der Waals surface area contributed by atoms with Crippen LogP contribution < -0.4 is 10.1 Å². The molecule has 1 unspecified atom stereocenters. The number of halogens is 1. The van der Waals surface area contributed by atoms with E-state index >= 15 is 0 Å². The fourth-order valence-corrected chi connectivity index (χ4v) is 2.18. The Morgan fingerprint density at radius 3 is 2.61 bits per heavy atom. The van der Waals surface area contributed by atoms with Crippen LogP contribution in [-0.4, -0.2) is 40.6 Å². The molecule has 0 heterocycles. The van der Waals surface area contributed by atoms with Crippen LogP contribution in [0.4, 0.5) is 0 Å². The highest BCUT2D eigenvalue weighted by Gasteiger charge is 2.06. The molecular formula is C13H20BrNO3. The molecule has 0 aromatic heterocycles. The van der Waals surface area contributed by atoms with Gasteiger partial charge in [-0.15, -0.1) is 0 Å². The molecule has 1 N–H and O–H groups in total. The van der Waals surface area contributed by atoms with Gasteiger partial charge in [0.15, 0.2) is 0 Å². The standard InChI is InChI=1S/C13H20BrNO3/c1-16-9-11(17-2)8-15-7-10-4-5-13(18-3)12(14)6-10/h4-6,11,15H,7-9H2,1-3H3. The topological polar surface area (TPSA) is 39.7 Å². The number of benzene rings is 1. The van der Waals surface area contributed by atoms with E-state index in [-0.39, 0.29) is 6.10 Å². The van der Waals surface area contributed by atoms with Crippen molar-refractivity contribution >= 4 is 15.9 Å². The SMILES string of the molecule is COCC(CNCc1ccc(OC)c(Br)c1)OC. The second kappa shape index (κ2) is 8.48. The second-order valence-corrected chi connectivity index (χ2v) is 4.77. The van der Waals surface area contributed by atoms with E-state index in [1.165, 1.54) is 5.56 Å². The van der Waals surface area contributed by atoms with Crippen molar-refractivity contribution < 1.29 is 14.2 Å². The minimum atomic E-state index is 0.0803. The number of hydrogen-bond donors (Lipinski definition) is 1. The first kappa shape index (κ1) is 15.4. The first-order chi connectivity index (χ1) is 8.71. The lowest BCUT2D eigenvalue weighted by atomic mass is 10.2. The van der Waals surface area contributed by atoms with Crippen molar-refractivity contribution in [3.63, 3.8) is 0 Å². The number of nitrogens with one attached hydrogen (secondary N) is 1. The summed E-state index contributed by atoms with van der Waals surface area (Å²) >= 11 is 3.47. The molecule has 0 radical (unpaired) electrons. The Labute approximate surface area is 117 Å². The van der Waals surface area contributed by atoms with Gasteiger partial charge in [-0.2, -0.15) is 0 Å². The summed E-state index contributed by atoms with van der Waals surface area (Å²) in [5, 5.41) is 3.34. The van der Waals surface area contributed by atoms with Crippen LogP contribution in [0.15, 0.2) is 22.7 Å². The summed E-state index contributed by atoms with van der Waals surface area (Å²) in [5.74, 6) is 0.841. The molecule has 18 heavy (non-hydrogen) atoms. The van der Waals surface area contributed by atoms with Gasteiger partial charge in [0.05, 0.1) is 24.3 Å². The smallest absolute Gasteiger partial charge is 0.133 e. The third kappa shape index (κ3) is 4.94. The number of rotatable bonds is 8. The summed E-state index contributed by atoms with van der Waals surface area (Å²) in [6.07, 6.45) is 0.0803. The number of hydrogen-bond acceptors (Lipinski definition) is 4. The van der Waals surface area contributed by atoms with Crippen molar-refractivity contribution in [3.05, 3.63) is 28.2 Å². The van der Waals surface area contributed by atoms with Crippen LogP contribution >= 0.6 is 15.9 Å². The summed E-state index contributed by atoms with van der Waals surface area (Å²) in [4.78, 5) is 0. The summed E-state index contributed by atoms with van der Waals surface area (Å²) in [7, 11) is 5.02. The lowest BCUT2D eigenvalue weighted by Crippen LogP contribution is -2.31. The van der Waals surface area contributed by atoms with Crippen LogP contribution in [0.2, 0.25) is 0 Å². The van der Waals surface area contributed by atoms with E-state index in [4.69, 9.17) is 14.2 Å². The lowest BCUT2D eigenvalue weighted by molar-refractivity contribution is 0.0288. The van der Waals surface area contributed by atoms with Gasteiger partial charge in [-0.1, -0.05) is 6.07 Å². The molecule has 0 saturated carbocycles. The monoisotopic (exact) mass is 317 g/mol. The average molecular weight is 318 g/mol. The zero-order valence-corrected chi connectivity index (χ0v) is 12.6. The molecular weight excluding hydrogens is 298 g/mol. The Morgan fingerprint density at radius 1 is 1.28 bits per heavy atom. The maximum absolute atomic E-state index is 5.27. The van der Waals surface area contributed by atoms with Crippen molar-refractivity contribution in [2.45, 2.75) is 12.6 Å². The summed E-state index contributed by atoms with van der Waals surface area (Å²) in [6, 6.07) is 6.03. The van der Waals surface area contributed by atoms with Crippen LogP contribution in [0.1, 0.15) is 5.56 Å². The quantitative estimate of drug-likeness (QED) is 0.798. The van der Waals surface area contributed by atoms with Gasteiger partial charge in [-0.3, -0.25) is 0 Å². The van der Waals surface area contributed by atoms with E-state index in [1.807, 2.05) is 18.2 Å². The molecule has 0 aliphatic heterocycles. The van der Waals surface area contributed by atoms with Crippen LogP contribution in [0.5, 0.6) is 5.75 Å². The van der Waals surface area contributed by atoms with E-state index < -0.39 is 0 Å². The molecule has 0 bridgehead atoms. The van der Waals surface area contributed by atoms with E-state index in [9.17, 15) is 0 Å². The average Bonchev–Trinajstić information content (AvgIpc) is 2.38. The van der Waals surface area contributed by atoms with Crippen LogP contribution in [0.3, 0.4) is 0 Å². The van der Waals surface area contributed by atoms with Gasteiger partial charge in [0, 0.05) is 27.3 Å². The predicted octanol–water partition coefficient (Wildman–Crippen LogP) is 2.21. The molecule has 5 heteroatoms. The van der Waals surface area contributed by atoms with Gasteiger partial charge in [-0.25, -0.2) is 0 Å². The molecule has 4 nitrogen and oxygen atoms in total. The Hall–Kier alpha value is -0.620. The van der Waals surface area contributed by atoms with Crippen molar-refractivity contribution in [2.75, 3.05) is 34.5 Å². The fraction of sp³-hybridized carbons (Fsp3) is 0.538. The van der Waals surface area contributed by atoms with Gasteiger partial charge in [0.2, 0.25) is 0 Å². The highest BCUT2D eigenvalue weighted by Crippen LogP contribution is 2.25. The van der Waals surface area contributed by atoms with Gasteiger partial charge in [0.25, 0.3) is 0 Å². The first-order valence-corrected chi connectivity index (χ1v) is 6.55. The largest absolute Gasteiger partial charge is 0.496 e. The highest BCUT2D eigenvalue weighted by atomic mass is 79.9. The Kier molecular flexibility index (Phi) is 7.27. The van der Waals surface area contributed by atoms with Crippen molar-refractivity contribution in [1.82, 2.24) is 5.32 Å². The minimum absolute atomic E-state index is 0.0803. The highest BCUT2D eigenvalue weighted by molar-refractivity contribution is 9.10. The predicted molar refractivity (Wildman–Crippen MR) is 75.1 cm³/mol. The van der Waals surface area contributed by atoms with E-state index in [0.717, 1.165) is 23.3 Å². The second-order valence-electron chi connectivity index (χ2n) is 3.91. The third-order valence-electron chi connectivity index (χ3n) is 2.60. The van der Waals surface area contributed by atoms with Gasteiger partial charge in [0.1, 0.15) is 5.75 Å². The maximum Gasteiger partial charge on any atom is 0.133 e. The minimum Gasteiger partial charge on any atom is -0.496 e. The number of methoxy groups -OCH3 is 3. The Morgan fingerprint density at radius 2 is 2.06 bits per heavy atom. The van der Waals surface area contributed by atoms with Gasteiger partial charge < -0.3 is 19.5 Å². The van der Waals surface area contributed by atoms with Crippen molar-refractivity contribution in [1.29, 1.82) is 0 Å². The van der Waals surface area contributed by atoms with Gasteiger partial charge >= 0.3 is 0 Å². The molecule has 0 aliphatic carbocycles. The molecule has 1 aromatic carbocycles. The summed E-state index contributed by atoms with van der Waals surface area (Å²) in [5.41, 5.74) is 1.19. The lowest BCUT2D eigenvalue weighted by Gasteiger charge is -2.15. The number of ether oxygens (including phenoxy) is 3. The molecule has 0 amide bonds. The zero-order valence-electron chi connectivity index (χ0n) is 11.0. The summed E-state index contributed by atoms with van der Waals surface area (Å²) in [6.45, 7) is 2.13. The van der Waals surface area contributed by atoms with E-state index in [2.05, 4.69) is 21.2 Å².